The number of nitrogens with zero attached hydrogens (tertiary/aromatic N) is 3. The van der Waals surface area contributed by atoms with Gasteiger partial charge in [0.2, 0.25) is 0 Å². The minimum absolute atomic E-state index is 0.0810. The van der Waals surface area contributed by atoms with E-state index in [4.69, 9.17) is 16.3 Å². The van der Waals surface area contributed by atoms with E-state index in [2.05, 4.69) is 20.7 Å². The molecule has 1 aliphatic rings. The average Bonchev–Trinajstić information content (AvgIpc) is 3.49. The normalized spacial score (nSPS) is 16.1. The maximum Gasteiger partial charge on any atom is 0.261 e. The minimum atomic E-state index is -0.0810. The lowest BCUT2D eigenvalue weighted by atomic mass is 10.2. The monoisotopic (exact) mass is 439 g/mol. The molecule has 30 heavy (non-hydrogen) atoms. The van der Waals surface area contributed by atoms with E-state index in [-0.39, 0.29) is 11.9 Å². The summed E-state index contributed by atoms with van der Waals surface area (Å²) in [5, 5.41) is 13.2. The van der Waals surface area contributed by atoms with Crippen LogP contribution < -0.4 is 10.6 Å². The van der Waals surface area contributed by atoms with E-state index in [1.807, 2.05) is 47.8 Å². The number of pyridine rings is 1. The highest BCUT2D eigenvalue weighted by atomic mass is 35.5. The Morgan fingerprint density at radius 1 is 1.27 bits per heavy atom. The molecule has 0 saturated carbocycles. The van der Waals surface area contributed by atoms with Crippen molar-refractivity contribution in [3.8, 4) is 5.69 Å². The molecule has 2 N–H and O–H groups in total. The number of rotatable bonds is 5. The molecule has 9 heteroatoms. The van der Waals surface area contributed by atoms with Crippen LogP contribution in [-0.4, -0.2) is 39.9 Å². The van der Waals surface area contributed by atoms with Crippen molar-refractivity contribution in [1.82, 2.24) is 20.1 Å². The highest BCUT2D eigenvalue weighted by Crippen LogP contribution is 2.27. The van der Waals surface area contributed by atoms with Gasteiger partial charge in [-0.1, -0.05) is 23.7 Å². The minimum Gasteiger partial charge on any atom is -0.379 e. The number of fused-ring (bicyclic) bond motifs is 1. The van der Waals surface area contributed by atoms with Crippen LogP contribution in [0.1, 0.15) is 16.1 Å². The molecule has 4 aromatic rings. The Morgan fingerprint density at radius 3 is 3.00 bits per heavy atom. The zero-order valence-electron chi connectivity index (χ0n) is 15.8. The fraction of sp³-hybridized carbons (Fsp3) is 0.190. The molecular weight excluding hydrogens is 422 g/mol. The van der Waals surface area contributed by atoms with Gasteiger partial charge < -0.3 is 15.4 Å². The van der Waals surface area contributed by atoms with Crippen molar-refractivity contribution < 1.29 is 9.53 Å². The van der Waals surface area contributed by atoms with E-state index >= 15 is 0 Å². The number of nitrogens with one attached hydrogen (secondary N) is 2. The highest BCUT2D eigenvalue weighted by molar-refractivity contribution is 7.12. The third kappa shape index (κ3) is 3.77. The van der Waals surface area contributed by atoms with E-state index in [9.17, 15) is 4.79 Å². The summed E-state index contributed by atoms with van der Waals surface area (Å²) in [4.78, 5) is 17.7. The zero-order valence-corrected chi connectivity index (χ0v) is 17.4. The van der Waals surface area contributed by atoms with Gasteiger partial charge in [-0.2, -0.15) is 5.10 Å². The van der Waals surface area contributed by atoms with Gasteiger partial charge in [-0.05, 0) is 36.8 Å². The fourth-order valence-corrected chi connectivity index (χ4v) is 4.31. The second-order valence-electron chi connectivity index (χ2n) is 6.97. The summed E-state index contributed by atoms with van der Waals surface area (Å²) in [6, 6.07) is 13.3. The van der Waals surface area contributed by atoms with Crippen LogP contribution in [0.3, 0.4) is 0 Å². The Bertz CT molecular complexity index is 1220. The van der Waals surface area contributed by atoms with Crippen LogP contribution in [0.4, 0.5) is 11.5 Å². The van der Waals surface area contributed by atoms with Crippen molar-refractivity contribution in [2.75, 3.05) is 18.5 Å². The number of amides is 1. The molecule has 1 aliphatic heterocycles. The van der Waals surface area contributed by atoms with Gasteiger partial charge in [0.1, 0.15) is 11.3 Å². The lowest BCUT2D eigenvalue weighted by Gasteiger charge is -2.08. The number of ether oxygens (including phenoxy) is 1. The first-order valence-electron chi connectivity index (χ1n) is 9.51. The van der Waals surface area contributed by atoms with E-state index in [1.165, 1.54) is 11.3 Å². The van der Waals surface area contributed by atoms with Crippen molar-refractivity contribution in [2.45, 2.75) is 12.5 Å². The number of anilines is 2. The second kappa shape index (κ2) is 8.06. The molecule has 1 saturated heterocycles. The summed E-state index contributed by atoms with van der Waals surface area (Å²) in [6.45, 7) is 1.27. The zero-order chi connectivity index (χ0) is 20.5. The fourth-order valence-electron chi connectivity index (χ4n) is 3.35. The summed E-state index contributed by atoms with van der Waals surface area (Å²) in [7, 11) is 0. The van der Waals surface area contributed by atoms with Gasteiger partial charge in [0.15, 0.2) is 0 Å². The number of para-hydroxylation sites is 1. The first kappa shape index (κ1) is 19.0. The van der Waals surface area contributed by atoms with Gasteiger partial charge in [-0.25, -0.2) is 9.67 Å². The molecule has 5 rings (SSSR count). The molecule has 0 unspecified atom stereocenters. The molecule has 0 bridgehead atoms. The molecular formula is C21H18ClN5O2S. The van der Waals surface area contributed by atoms with Gasteiger partial charge in [0.25, 0.3) is 5.91 Å². The third-order valence-corrected chi connectivity index (χ3v) is 6.13. The van der Waals surface area contributed by atoms with Crippen molar-refractivity contribution in [1.29, 1.82) is 0 Å². The Morgan fingerprint density at radius 2 is 2.17 bits per heavy atom. The van der Waals surface area contributed by atoms with E-state index in [0.29, 0.717) is 28.9 Å². The first-order valence-corrected chi connectivity index (χ1v) is 10.8. The van der Waals surface area contributed by atoms with Gasteiger partial charge >= 0.3 is 0 Å². The second-order valence-corrected chi connectivity index (χ2v) is 8.28. The van der Waals surface area contributed by atoms with E-state index in [0.717, 1.165) is 28.8 Å². The summed E-state index contributed by atoms with van der Waals surface area (Å²) in [5.74, 6) is 0.599. The van der Waals surface area contributed by atoms with Crippen LogP contribution in [0.15, 0.2) is 54.0 Å². The first-order chi connectivity index (χ1) is 14.7. The third-order valence-electron chi connectivity index (χ3n) is 4.88. The van der Waals surface area contributed by atoms with Gasteiger partial charge in [-0.3, -0.25) is 4.79 Å². The van der Waals surface area contributed by atoms with Crippen LogP contribution in [-0.2, 0) is 4.74 Å². The smallest absolute Gasteiger partial charge is 0.261 e. The van der Waals surface area contributed by atoms with Crippen molar-refractivity contribution in [2.24, 2.45) is 0 Å². The standard InChI is InChI=1S/C21H18ClN5O2S/c22-15-3-1-2-4-16(15)25-20-6-5-18-17(26-20)10-23-27(18)14-9-19(30-12-14)21(28)24-13-7-8-29-11-13/h1-6,9-10,12-13H,7-8,11H2,(H,24,28)(H,25,26)/t13-/m0/s1. The molecule has 152 valence electrons. The number of hydrogen-bond donors (Lipinski definition) is 2. The molecule has 3 aromatic heterocycles. The number of carbonyl (C=O) groups excluding carboxylic acids is 1. The maximum absolute atomic E-state index is 12.5. The maximum atomic E-state index is 12.5. The van der Waals surface area contributed by atoms with Crippen LogP contribution in [0.25, 0.3) is 16.7 Å². The van der Waals surface area contributed by atoms with Crippen LogP contribution in [0, 0.1) is 0 Å². The summed E-state index contributed by atoms with van der Waals surface area (Å²) >= 11 is 7.61. The molecule has 7 nitrogen and oxygen atoms in total. The highest BCUT2D eigenvalue weighted by Gasteiger charge is 2.20. The number of hydrogen-bond acceptors (Lipinski definition) is 6. The van der Waals surface area contributed by atoms with Crippen molar-refractivity contribution in [3.63, 3.8) is 0 Å². The summed E-state index contributed by atoms with van der Waals surface area (Å²) < 4.78 is 7.10. The SMILES string of the molecule is O=C(N[C@H]1CCOC1)c1cc(-n2ncc3nc(Nc4ccccc4Cl)ccc32)cs1. The lowest BCUT2D eigenvalue weighted by molar-refractivity contribution is 0.0934. The van der Waals surface area contributed by atoms with E-state index < -0.39 is 0 Å². The number of benzene rings is 1. The number of halogens is 1. The molecule has 1 atom stereocenters. The predicted octanol–water partition coefficient (Wildman–Crippen LogP) is 4.40. The van der Waals surface area contributed by atoms with Crippen LogP contribution in [0.5, 0.6) is 0 Å². The quantitative estimate of drug-likeness (QED) is 0.481. The number of carbonyl (C=O) groups is 1. The lowest BCUT2D eigenvalue weighted by Crippen LogP contribution is -2.34. The molecule has 0 spiro atoms. The largest absolute Gasteiger partial charge is 0.379 e. The van der Waals surface area contributed by atoms with Crippen molar-refractivity contribution >= 4 is 51.4 Å². The summed E-state index contributed by atoms with van der Waals surface area (Å²) in [6.07, 6.45) is 2.56. The molecule has 1 aromatic carbocycles. The molecule has 0 aliphatic carbocycles. The molecule has 4 heterocycles. The van der Waals surface area contributed by atoms with Crippen molar-refractivity contribution in [3.05, 3.63) is 63.9 Å². The van der Waals surface area contributed by atoms with Gasteiger partial charge in [0, 0.05) is 12.0 Å². The topological polar surface area (TPSA) is 81.1 Å². The summed E-state index contributed by atoms with van der Waals surface area (Å²) in [5.41, 5.74) is 3.22. The number of thiophene rings is 1. The Kier molecular flexibility index (Phi) is 5.12. The molecule has 1 amide bonds. The van der Waals surface area contributed by atoms with Gasteiger partial charge in [-0.15, -0.1) is 11.3 Å². The Balaban J connectivity index is 1.37. The molecule has 1 fully saturated rings. The van der Waals surface area contributed by atoms with Crippen LogP contribution >= 0.6 is 22.9 Å². The average molecular weight is 440 g/mol. The number of aromatic nitrogens is 3. The Hall–Kier alpha value is -2.94. The van der Waals surface area contributed by atoms with Crippen LogP contribution in [0.2, 0.25) is 5.02 Å². The van der Waals surface area contributed by atoms with Gasteiger partial charge in [0.05, 0.1) is 45.6 Å². The predicted molar refractivity (Wildman–Crippen MR) is 118 cm³/mol. The van der Waals surface area contributed by atoms with E-state index in [1.54, 1.807) is 10.9 Å². The molecule has 0 radical (unpaired) electrons. The Labute approximate surface area is 181 Å².